The van der Waals surface area contributed by atoms with Gasteiger partial charge in [-0.05, 0) is 66.0 Å². The Morgan fingerprint density at radius 2 is 1.37 bits per heavy atom. The molecule has 0 aliphatic carbocycles. The predicted molar refractivity (Wildman–Crippen MR) is 199 cm³/mol. The molecular formula is C42H50N2O5. The van der Waals surface area contributed by atoms with Crippen molar-refractivity contribution in [1.29, 1.82) is 0 Å². The SMILES string of the molecule is CCCC(=O)Nc1ccccc1-c1c(Oc2ccc(C(C)(C)CC)cc2C(C)(C)CC)cccc1C(=O)COCC(=O)Nc1ccccc1. The van der Waals surface area contributed by atoms with Gasteiger partial charge >= 0.3 is 0 Å². The number of ether oxygens (including phenoxy) is 2. The van der Waals surface area contributed by atoms with Gasteiger partial charge in [-0.3, -0.25) is 14.4 Å². The van der Waals surface area contributed by atoms with E-state index in [1.165, 1.54) is 5.56 Å². The average molecular weight is 663 g/mol. The van der Waals surface area contributed by atoms with Gasteiger partial charge in [0.05, 0.1) is 0 Å². The van der Waals surface area contributed by atoms with E-state index in [4.69, 9.17) is 9.47 Å². The molecule has 0 aliphatic heterocycles. The minimum Gasteiger partial charge on any atom is -0.456 e. The van der Waals surface area contributed by atoms with Gasteiger partial charge in [0.15, 0.2) is 5.78 Å². The Balaban J connectivity index is 1.76. The van der Waals surface area contributed by atoms with E-state index in [0.29, 0.717) is 52.4 Å². The van der Waals surface area contributed by atoms with Crippen LogP contribution in [0.2, 0.25) is 0 Å². The van der Waals surface area contributed by atoms with Crippen molar-refractivity contribution < 1.29 is 23.9 Å². The molecular weight excluding hydrogens is 612 g/mol. The highest BCUT2D eigenvalue weighted by molar-refractivity contribution is 6.07. The summed E-state index contributed by atoms with van der Waals surface area (Å²) >= 11 is 0. The fraction of sp³-hybridized carbons (Fsp3) is 0.357. The lowest BCUT2D eigenvalue weighted by atomic mass is 9.76. The largest absolute Gasteiger partial charge is 0.456 e. The summed E-state index contributed by atoms with van der Waals surface area (Å²) in [5.41, 5.74) is 4.87. The summed E-state index contributed by atoms with van der Waals surface area (Å²) in [6, 6.07) is 28.2. The Labute approximate surface area is 291 Å². The van der Waals surface area contributed by atoms with Crippen LogP contribution < -0.4 is 15.4 Å². The molecule has 0 spiro atoms. The monoisotopic (exact) mass is 662 g/mol. The van der Waals surface area contributed by atoms with Crippen LogP contribution in [-0.2, 0) is 25.2 Å². The number of hydrogen-bond acceptors (Lipinski definition) is 5. The van der Waals surface area contributed by atoms with E-state index < -0.39 is 0 Å². The highest BCUT2D eigenvalue weighted by Gasteiger charge is 2.28. The molecule has 0 bridgehead atoms. The second-order valence-electron chi connectivity index (χ2n) is 13.6. The van der Waals surface area contributed by atoms with E-state index in [-0.39, 0.29) is 41.6 Å². The summed E-state index contributed by atoms with van der Waals surface area (Å²) in [4.78, 5) is 39.2. The van der Waals surface area contributed by atoms with Crippen molar-refractivity contribution in [2.24, 2.45) is 0 Å². The number of nitrogens with one attached hydrogen (secondary N) is 2. The standard InChI is InChI=1S/C42H50N2O5/c1-8-17-38(46)44-34-22-15-14-20-31(34)40-32(35(45)27-48-28-39(47)43-30-18-12-11-13-19-30)21-16-23-37(40)49-36-25-24-29(41(4,5)9-2)26-33(36)42(6,7)10-3/h11-16,18-26H,8-10,17,27-28H2,1-7H3,(H,43,47)(H,44,46). The van der Waals surface area contributed by atoms with Crippen LogP contribution in [0.4, 0.5) is 11.4 Å². The molecule has 2 N–H and O–H groups in total. The van der Waals surface area contributed by atoms with Crippen LogP contribution in [0.3, 0.4) is 0 Å². The summed E-state index contributed by atoms with van der Waals surface area (Å²) in [5, 5.41) is 5.80. The Hall–Kier alpha value is -4.75. The van der Waals surface area contributed by atoms with Crippen molar-refractivity contribution in [2.45, 2.75) is 85.0 Å². The first kappa shape index (κ1) is 37.1. The number of para-hydroxylation sites is 2. The van der Waals surface area contributed by atoms with E-state index in [1.807, 2.05) is 61.5 Å². The molecule has 0 atom stereocenters. The van der Waals surface area contributed by atoms with E-state index in [2.05, 4.69) is 64.3 Å². The van der Waals surface area contributed by atoms with Crippen molar-refractivity contribution >= 4 is 29.0 Å². The Morgan fingerprint density at radius 1 is 0.673 bits per heavy atom. The maximum atomic E-state index is 13.9. The van der Waals surface area contributed by atoms with E-state index in [1.54, 1.807) is 24.3 Å². The lowest BCUT2D eigenvalue weighted by Crippen LogP contribution is -2.21. The summed E-state index contributed by atoms with van der Waals surface area (Å²) < 4.78 is 12.4. The normalized spacial score (nSPS) is 11.6. The molecule has 2 amide bonds. The van der Waals surface area contributed by atoms with Gasteiger partial charge in [0, 0.05) is 40.0 Å². The van der Waals surface area contributed by atoms with Gasteiger partial charge in [0.25, 0.3) is 0 Å². The number of ketones is 1. The number of rotatable bonds is 16. The fourth-order valence-corrected chi connectivity index (χ4v) is 5.49. The van der Waals surface area contributed by atoms with E-state index in [0.717, 1.165) is 18.4 Å². The molecule has 4 aromatic rings. The van der Waals surface area contributed by atoms with Crippen LogP contribution in [0.25, 0.3) is 11.1 Å². The molecule has 258 valence electrons. The molecule has 0 aliphatic rings. The second-order valence-corrected chi connectivity index (χ2v) is 13.6. The topological polar surface area (TPSA) is 93.7 Å². The molecule has 49 heavy (non-hydrogen) atoms. The van der Waals surface area contributed by atoms with Crippen molar-refractivity contribution in [2.75, 3.05) is 23.8 Å². The summed E-state index contributed by atoms with van der Waals surface area (Å²) in [6.07, 6.45) is 2.96. The summed E-state index contributed by atoms with van der Waals surface area (Å²) in [7, 11) is 0. The van der Waals surface area contributed by atoms with Crippen molar-refractivity contribution in [3.63, 3.8) is 0 Å². The molecule has 0 aromatic heterocycles. The lowest BCUT2D eigenvalue weighted by Gasteiger charge is -2.30. The smallest absolute Gasteiger partial charge is 0.250 e. The molecule has 7 nitrogen and oxygen atoms in total. The van der Waals surface area contributed by atoms with Crippen LogP contribution in [0.15, 0.2) is 91.0 Å². The van der Waals surface area contributed by atoms with Gasteiger partial charge in [0.2, 0.25) is 11.8 Å². The third kappa shape index (κ3) is 9.45. The van der Waals surface area contributed by atoms with Crippen molar-refractivity contribution in [3.05, 3.63) is 108 Å². The van der Waals surface area contributed by atoms with E-state index in [9.17, 15) is 14.4 Å². The first-order valence-electron chi connectivity index (χ1n) is 17.2. The zero-order chi connectivity index (χ0) is 35.6. The molecule has 0 saturated heterocycles. The van der Waals surface area contributed by atoms with Crippen LogP contribution in [-0.4, -0.2) is 30.8 Å². The minimum absolute atomic E-state index is 0.0117. The van der Waals surface area contributed by atoms with Crippen LogP contribution >= 0.6 is 0 Å². The van der Waals surface area contributed by atoms with Crippen molar-refractivity contribution in [1.82, 2.24) is 0 Å². The quantitative estimate of drug-likeness (QED) is 0.117. The zero-order valence-electron chi connectivity index (χ0n) is 29.9. The highest BCUT2D eigenvalue weighted by Crippen LogP contribution is 2.44. The molecule has 4 rings (SSSR count). The third-order valence-corrected chi connectivity index (χ3v) is 9.28. The lowest BCUT2D eigenvalue weighted by molar-refractivity contribution is -0.120. The van der Waals surface area contributed by atoms with Gasteiger partial charge in [0.1, 0.15) is 24.7 Å². The molecule has 4 aromatic carbocycles. The van der Waals surface area contributed by atoms with Crippen LogP contribution in [0, 0.1) is 0 Å². The minimum atomic E-state index is -0.360. The Bertz CT molecular complexity index is 1760. The van der Waals surface area contributed by atoms with Gasteiger partial charge in [-0.2, -0.15) is 0 Å². The van der Waals surface area contributed by atoms with E-state index >= 15 is 0 Å². The maximum absolute atomic E-state index is 13.9. The number of anilines is 2. The molecule has 7 heteroatoms. The first-order valence-corrected chi connectivity index (χ1v) is 17.2. The predicted octanol–water partition coefficient (Wildman–Crippen LogP) is 10.1. The number of carbonyl (C=O) groups excluding carboxylic acids is 3. The highest BCUT2D eigenvalue weighted by atomic mass is 16.5. The molecule has 0 radical (unpaired) electrons. The summed E-state index contributed by atoms with van der Waals surface area (Å²) in [5.74, 6) is 0.378. The molecule has 0 heterocycles. The number of Topliss-reactive ketones (excluding diaryl/α,β-unsaturated/α-hetero) is 1. The van der Waals surface area contributed by atoms with Crippen molar-refractivity contribution in [3.8, 4) is 22.6 Å². The number of carbonyl (C=O) groups is 3. The van der Waals surface area contributed by atoms with Crippen LogP contribution in [0.5, 0.6) is 11.5 Å². The Morgan fingerprint density at radius 3 is 2.06 bits per heavy atom. The first-order chi connectivity index (χ1) is 23.4. The number of amides is 2. The number of benzene rings is 4. The molecule has 0 fully saturated rings. The van der Waals surface area contributed by atoms with Gasteiger partial charge in [-0.15, -0.1) is 0 Å². The third-order valence-electron chi connectivity index (χ3n) is 9.28. The Kier molecular flexibility index (Phi) is 12.5. The second kappa shape index (κ2) is 16.6. The molecule has 0 unspecified atom stereocenters. The summed E-state index contributed by atoms with van der Waals surface area (Å²) in [6.45, 7) is 14.6. The fourth-order valence-electron chi connectivity index (χ4n) is 5.49. The van der Waals surface area contributed by atoms with Gasteiger partial charge < -0.3 is 20.1 Å². The van der Waals surface area contributed by atoms with Crippen LogP contribution in [0.1, 0.15) is 95.6 Å². The number of hydrogen-bond donors (Lipinski definition) is 2. The average Bonchev–Trinajstić information content (AvgIpc) is 3.09. The van der Waals surface area contributed by atoms with Gasteiger partial charge in [-0.25, -0.2) is 0 Å². The molecule has 0 saturated carbocycles. The zero-order valence-corrected chi connectivity index (χ0v) is 29.9. The van der Waals surface area contributed by atoms with Gasteiger partial charge in [-0.1, -0.05) is 109 Å². The maximum Gasteiger partial charge on any atom is 0.250 e.